The van der Waals surface area contributed by atoms with Crippen LogP contribution in [-0.2, 0) is 0 Å². The molecule has 0 aliphatic heterocycles. The van der Waals surface area contributed by atoms with Crippen LogP contribution >= 0.6 is 0 Å². The first kappa shape index (κ1) is 18.9. The van der Waals surface area contributed by atoms with E-state index in [9.17, 15) is 4.79 Å². The van der Waals surface area contributed by atoms with E-state index in [1.165, 1.54) is 5.56 Å². The van der Waals surface area contributed by atoms with Gasteiger partial charge in [0.05, 0.1) is 11.0 Å². The van der Waals surface area contributed by atoms with Gasteiger partial charge in [-0.3, -0.25) is 9.36 Å². The first-order valence-electron chi connectivity index (χ1n) is 9.79. The quantitative estimate of drug-likeness (QED) is 0.551. The molecule has 0 aliphatic carbocycles. The molecule has 0 fully saturated rings. The second-order valence-electron chi connectivity index (χ2n) is 7.85. The zero-order chi connectivity index (χ0) is 20.7. The van der Waals surface area contributed by atoms with Crippen LogP contribution in [0.3, 0.4) is 0 Å². The van der Waals surface area contributed by atoms with Crippen LogP contribution < -0.4 is 11.1 Å². The largest absolute Gasteiger partial charge is 0.384 e. The first-order chi connectivity index (χ1) is 13.9. The van der Waals surface area contributed by atoms with Gasteiger partial charge >= 0.3 is 0 Å². The van der Waals surface area contributed by atoms with Crippen molar-refractivity contribution in [2.45, 2.75) is 27.7 Å². The SMILES string of the molecule is Cc1ccc(-n2c(N)c(C(=O)NCC(C)C)c3nc4ccccc4nc32)cc1C. The molecule has 2 aromatic carbocycles. The van der Waals surface area contributed by atoms with Gasteiger partial charge in [-0.25, -0.2) is 9.97 Å². The number of rotatable bonds is 4. The molecule has 0 bridgehead atoms. The number of hydrogen-bond acceptors (Lipinski definition) is 4. The lowest BCUT2D eigenvalue weighted by Crippen LogP contribution is -2.28. The molecular formula is C23H25N5O. The Morgan fingerprint density at radius 3 is 2.41 bits per heavy atom. The molecule has 0 unspecified atom stereocenters. The number of nitrogens with zero attached hydrogens (tertiary/aromatic N) is 3. The van der Waals surface area contributed by atoms with Crippen LogP contribution in [0.15, 0.2) is 42.5 Å². The van der Waals surface area contributed by atoms with Gasteiger partial charge in [-0.05, 0) is 55.2 Å². The number of nitrogen functional groups attached to an aromatic ring is 1. The van der Waals surface area contributed by atoms with Crippen LogP contribution in [-0.4, -0.2) is 27.0 Å². The minimum absolute atomic E-state index is 0.228. The van der Waals surface area contributed by atoms with E-state index in [1.54, 1.807) is 0 Å². The summed E-state index contributed by atoms with van der Waals surface area (Å²) in [6.07, 6.45) is 0. The number of fused-ring (bicyclic) bond motifs is 2. The molecule has 29 heavy (non-hydrogen) atoms. The fourth-order valence-electron chi connectivity index (χ4n) is 3.40. The van der Waals surface area contributed by atoms with E-state index < -0.39 is 0 Å². The predicted molar refractivity (Wildman–Crippen MR) is 117 cm³/mol. The van der Waals surface area contributed by atoms with E-state index in [0.29, 0.717) is 35.0 Å². The Bertz CT molecular complexity index is 1240. The monoisotopic (exact) mass is 387 g/mol. The number of hydrogen-bond donors (Lipinski definition) is 2. The molecule has 0 spiro atoms. The van der Waals surface area contributed by atoms with Gasteiger partial charge in [-0.15, -0.1) is 0 Å². The molecule has 4 aromatic rings. The maximum absolute atomic E-state index is 13.0. The highest BCUT2D eigenvalue weighted by Crippen LogP contribution is 2.31. The Kier molecular flexibility index (Phi) is 4.70. The third kappa shape index (κ3) is 3.31. The van der Waals surface area contributed by atoms with Crippen LogP contribution in [0.4, 0.5) is 5.82 Å². The van der Waals surface area contributed by atoms with Crippen LogP contribution in [0.5, 0.6) is 0 Å². The van der Waals surface area contributed by atoms with E-state index in [1.807, 2.05) is 41.0 Å². The summed E-state index contributed by atoms with van der Waals surface area (Å²) in [5.74, 6) is 0.452. The van der Waals surface area contributed by atoms with Crippen molar-refractivity contribution in [3.8, 4) is 5.69 Å². The summed E-state index contributed by atoms with van der Waals surface area (Å²) in [4.78, 5) is 22.6. The number of nitrogens with two attached hydrogens (primary N) is 1. The summed E-state index contributed by atoms with van der Waals surface area (Å²) in [5.41, 5.74) is 12.7. The smallest absolute Gasteiger partial charge is 0.257 e. The number of anilines is 1. The lowest BCUT2D eigenvalue weighted by Gasteiger charge is -2.11. The molecule has 0 saturated heterocycles. The molecule has 6 nitrogen and oxygen atoms in total. The summed E-state index contributed by atoms with van der Waals surface area (Å²) in [7, 11) is 0. The zero-order valence-electron chi connectivity index (χ0n) is 17.2. The van der Waals surface area contributed by atoms with Gasteiger partial charge in [0.2, 0.25) is 0 Å². The van der Waals surface area contributed by atoms with Gasteiger partial charge in [0, 0.05) is 12.2 Å². The average molecular weight is 387 g/mol. The normalized spacial score (nSPS) is 11.5. The molecule has 148 valence electrons. The van der Waals surface area contributed by atoms with Crippen molar-refractivity contribution in [3.63, 3.8) is 0 Å². The van der Waals surface area contributed by atoms with Crippen LogP contribution in [0.1, 0.15) is 35.3 Å². The van der Waals surface area contributed by atoms with Gasteiger partial charge in [0.1, 0.15) is 16.9 Å². The summed E-state index contributed by atoms with van der Waals surface area (Å²) in [6, 6.07) is 13.7. The van der Waals surface area contributed by atoms with Gasteiger partial charge in [-0.1, -0.05) is 32.0 Å². The van der Waals surface area contributed by atoms with Crippen molar-refractivity contribution < 1.29 is 4.79 Å². The number of carbonyl (C=O) groups is 1. The fraction of sp³-hybridized carbons (Fsp3) is 0.261. The Hall–Kier alpha value is -3.41. The van der Waals surface area contributed by atoms with Crippen molar-refractivity contribution in [1.82, 2.24) is 19.9 Å². The number of nitrogens with one attached hydrogen (secondary N) is 1. The van der Waals surface area contributed by atoms with Gasteiger partial charge < -0.3 is 11.1 Å². The van der Waals surface area contributed by atoms with Crippen molar-refractivity contribution in [1.29, 1.82) is 0 Å². The standard InChI is InChI=1S/C23H25N5O/c1-13(2)12-25-23(29)19-20-22(27-18-8-6-5-7-17(18)26-20)28(21(19)24)16-10-9-14(3)15(4)11-16/h5-11,13H,12,24H2,1-4H3,(H,25,29). The third-order valence-electron chi connectivity index (χ3n) is 5.14. The Morgan fingerprint density at radius 1 is 1.07 bits per heavy atom. The Labute approximate surface area is 169 Å². The summed E-state index contributed by atoms with van der Waals surface area (Å²) in [5, 5.41) is 2.96. The third-order valence-corrected chi connectivity index (χ3v) is 5.14. The second kappa shape index (κ2) is 7.20. The summed E-state index contributed by atoms with van der Waals surface area (Å²) in [6.45, 7) is 8.78. The van der Waals surface area contributed by atoms with Crippen molar-refractivity contribution >= 4 is 33.9 Å². The van der Waals surface area contributed by atoms with Crippen molar-refractivity contribution in [2.24, 2.45) is 5.92 Å². The molecule has 0 saturated carbocycles. The highest BCUT2D eigenvalue weighted by Gasteiger charge is 2.25. The lowest BCUT2D eigenvalue weighted by molar-refractivity contribution is 0.0951. The Balaban J connectivity index is 2.01. The van der Waals surface area contributed by atoms with Gasteiger partial charge in [0.25, 0.3) is 5.91 Å². The second-order valence-corrected chi connectivity index (χ2v) is 7.85. The van der Waals surface area contributed by atoms with E-state index in [0.717, 1.165) is 22.3 Å². The van der Waals surface area contributed by atoms with E-state index in [4.69, 9.17) is 15.7 Å². The van der Waals surface area contributed by atoms with Crippen molar-refractivity contribution in [3.05, 3.63) is 59.2 Å². The highest BCUT2D eigenvalue weighted by molar-refractivity contribution is 6.11. The maximum Gasteiger partial charge on any atom is 0.257 e. The van der Waals surface area contributed by atoms with E-state index in [2.05, 4.69) is 39.1 Å². The van der Waals surface area contributed by atoms with Gasteiger partial charge in [0.15, 0.2) is 5.65 Å². The summed E-state index contributed by atoms with van der Waals surface area (Å²) < 4.78 is 1.82. The molecular weight excluding hydrogens is 362 g/mol. The molecule has 1 amide bonds. The average Bonchev–Trinajstić information content (AvgIpc) is 2.97. The van der Waals surface area contributed by atoms with E-state index in [-0.39, 0.29) is 5.91 Å². The molecule has 0 radical (unpaired) electrons. The van der Waals surface area contributed by atoms with Crippen LogP contribution in [0.25, 0.3) is 27.9 Å². The number of amides is 1. The first-order valence-corrected chi connectivity index (χ1v) is 9.79. The molecule has 4 rings (SSSR count). The number of para-hydroxylation sites is 2. The maximum atomic E-state index is 13.0. The highest BCUT2D eigenvalue weighted by atomic mass is 16.1. The number of benzene rings is 2. The molecule has 3 N–H and O–H groups in total. The lowest BCUT2D eigenvalue weighted by atomic mass is 10.1. The number of carbonyl (C=O) groups excluding carboxylic acids is 1. The molecule has 2 heterocycles. The predicted octanol–water partition coefficient (Wildman–Crippen LogP) is 4.16. The molecule has 2 aromatic heterocycles. The van der Waals surface area contributed by atoms with Crippen LogP contribution in [0.2, 0.25) is 0 Å². The molecule has 0 atom stereocenters. The Morgan fingerprint density at radius 2 is 1.76 bits per heavy atom. The minimum atomic E-state index is -0.228. The zero-order valence-corrected chi connectivity index (χ0v) is 17.2. The topological polar surface area (TPSA) is 85.8 Å². The summed E-state index contributed by atoms with van der Waals surface area (Å²) >= 11 is 0. The molecule has 6 heteroatoms. The van der Waals surface area contributed by atoms with Crippen LogP contribution in [0, 0.1) is 19.8 Å². The minimum Gasteiger partial charge on any atom is -0.384 e. The molecule has 0 aliphatic rings. The van der Waals surface area contributed by atoms with Gasteiger partial charge in [-0.2, -0.15) is 0 Å². The number of aryl methyl sites for hydroxylation is 2. The van der Waals surface area contributed by atoms with E-state index >= 15 is 0 Å². The van der Waals surface area contributed by atoms with Crippen molar-refractivity contribution in [2.75, 3.05) is 12.3 Å². The number of aromatic nitrogens is 3. The fourth-order valence-corrected chi connectivity index (χ4v) is 3.40.